The Morgan fingerprint density at radius 1 is 1.58 bits per heavy atom. The van der Waals surface area contributed by atoms with Crippen molar-refractivity contribution in [2.75, 3.05) is 6.61 Å². The van der Waals surface area contributed by atoms with Gasteiger partial charge in [0.15, 0.2) is 0 Å². The monoisotopic (exact) mass is 169 g/mol. The second-order valence-electron chi connectivity index (χ2n) is 3.46. The lowest BCUT2D eigenvalue weighted by molar-refractivity contribution is 0.190. The fraction of sp³-hybridized carbons (Fsp3) is 0.800. The van der Waals surface area contributed by atoms with E-state index in [2.05, 4.69) is 6.92 Å². The first-order valence-electron chi connectivity index (χ1n) is 4.86. The summed E-state index contributed by atoms with van der Waals surface area (Å²) in [4.78, 5) is 0. The number of ether oxygens (including phenoxy) is 1. The summed E-state index contributed by atoms with van der Waals surface area (Å²) in [6.45, 7) is 4.99. The van der Waals surface area contributed by atoms with E-state index in [-0.39, 0.29) is 6.04 Å². The van der Waals surface area contributed by atoms with E-state index in [4.69, 9.17) is 10.5 Å². The van der Waals surface area contributed by atoms with Crippen LogP contribution in [0.15, 0.2) is 11.3 Å². The van der Waals surface area contributed by atoms with Gasteiger partial charge >= 0.3 is 0 Å². The predicted octanol–water partition coefficient (Wildman–Crippen LogP) is 2.20. The normalized spacial score (nSPS) is 17.4. The topological polar surface area (TPSA) is 35.2 Å². The van der Waals surface area contributed by atoms with Crippen LogP contribution < -0.4 is 5.73 Å². The summed E-state index contributed by atoms with van der Waals surface area (Å²) in [5, 5.41) is 0. The van der Waals surface area contributed by atoms with Crippen LogP contribution in [0.25, 0.3) is 0 Å². The zero-order valence-corrected chi connectivity index (χ0v) is 8.10. The number of unbranched alkanes of at least 4 members (excludes halogenated alkanes) is 1. The molecule has 1 rings (SSSR count). The summed E-state index contributed by atoms with van der Waals surface area (Å²) < 4.78 is 5.62. The van der Waals surface area contributed by atoms with Crippen LogP contribution in [0.3, 0.4) is 0 Å². The highest BCUT2D eigenvalue weighted by molar-refractivity contribution is 5.24. The van der Waals surface area contributed by atoms with Crippen LogP contribution in [0.4, 0.5) is 0 Å². The maximum atomic E-state index is 5.78. The van der Waals surface area contributed by atoms with E-state index in [1.807, 2.05) is 6.92 Å². The molecule has 2 heteroatoms. The Morgan fingerprint density at radius 3 is 2.67 bits per heavy atom. The molecule has 1 unspecified atom stereocenters. The Hall–Kier alpha value is -0.500. The molecule has 0 aliphatic heterocycles. The molecule has 0 amide bonds. The first kappa shape index (κ1) is 9.59. The van der Waals surface area contributed by atoms with Crippen LogP contribution in [-0.2, 0) is 4.74 Å². The number of nitrogens with two attached hydrogens (primary N) is 1. The molecule has 0 aromatic rings. The fourth-order valence-electron chi connectivity index (χ4n) is 1.19. The third-order valence-corrected chi connectivity index (χ3v) is 2.02. The highest BCUT2D eigenvalue weighted by atomic mass is 16.5. The molecule has 1 saturated carbocycles. The molecule has 2 N–H and O–H groups in total. The van der Waals surface area contributed by atoms with Gasteiger partial charge < -0.3 is 10.5 Å². The number of allylic oxidation sites excluding steroid dienone is 1. The van der Waals surface area contributed by atoms with E-state index in [1.165, 1.54) is 24.8 Å². The SMILES string of the molecule is CCCCOC(=C1CC1)C(C)N. The largest absolute Gasteiger partial charge is 0.496 e. The smallest absolute Gasteiger partial charge is 0.112 e. The van der Waals surface area contributed by atoms with Crippen molar-refractivity contribution in [2.45, 2.75) is 45.6 Å². The molecule has 2 nitrogen and oxygen atoms in total. The summed E-state index contributed by atoms with van der Waals surface area (Å²) in [7, 11) is 0. The van der Waals surface area contributed by atoms with Crippen molar-refractivity contribution in [3.05, 3.63) is 11.3 Å². The number of hydrogen-bond donors (Lipinski definition) is 1. The van der Waals surface area contributed by atoms with Gasteiger partial charge in [0, 0.05) is 0 Å². The Bertz CT molecular complexity index is 167. The molecule has 0 heterocycles. The first-order valence-corrected chi connectivity index (χ1v) is 4.86. The molecule has 1 atom stereocenters. The van der Waals surface area contributed by atoms with E-state index in [0.29, 0.717) is 0 Å². The highest BCUT2D eigenvalue weighted by Crippen LogP contribution is 2.33. The summed E-state index contributed by atoms with van der Waals surface area (Å²) in [6.07, 6.45) is 4.71. The van der Waals surface area contributed by atoms with E-state index in [9.17, 15) is 0 Å². The summed E-state index contributed by atoms with van der Waals surface area (Å²) in [6, 6.07) is 0.0827. The minimum Gasteiger partial charge on any atom is -0.496 e. The van der Waals surface area contributed by atoms with Gasteiger partial charge in [-0.2, -0.15) is 0 Å². The Morgan fingerprint density at radius 2 is 2.25 bits per heavy atom. The number of rotatable bonds is 5. The van der Waals surface area contributed by atoms with Crippen molar-refractivity contribution in [2.24, 2.45) is 5.73 Å². The van der Waals surface area contributed by atoms with Crippen LogP contribution in [0.5, 0.6) is 0 Å². The lowest BCUT2D eigenvalue weighted by Gasteiger charge is -2.12. The molecule has 70 valence electrons. The quantitative estimate of drug-likeness (QED) is 0.506. The molecule has 1 aliphatic carbocycles. The molecule has 0 radical (unpaired) electrons. The Kier molecular flexibility index (Phi) is 3.60. The molecule has 1 aliphatic rings. The molecule has 0 spiro atoms. The molecule has 0 saturated heterocycles. The Labute approximate surface area is 74.8 Å². The van der Waals surface area contributed by atoms with Crippen LogP contribution in [0.1, 0.15) is 39.5 Å². The zero-order valence-electron chi connectivity index (χ0n) is 8.10. The van der Waals surface area contributed by atoms with Crippen molar-refractivity contribution in [3.63, 3.8) is 0 Å². The van der Waals surface area contributed by atoms with Gasteiger partial charge in [0.2, 0.25) is 0 Å². The van der Waals surface area contributed by atoms with Crippen LogP contribution in [-0.4, -0.2) is 12.6 Å². The number of hydrogen-bond acceptors (Lipinski definition) is 2. The maximum Gasteiger partial charge on any atom is 0.112 e. The zero-order chi connectivity index (χ0) is 8.97. The van der Waals surface area contributed by atoms with Gasteiger partial charge in [0.1, 0.15) is 5.76 Å². The third-order valence-electron chi connectivity index (χ3n) is 2.02. The van der Waals surface area contributed by atoms with Crippen LogP contribution >= 0.6 is 0 Å². The molecular weight excluding hydrogens is 150 g/mol. The minimum absolute atomic E-state index is 0.0827. The first-order chi connectivity index (χ1) is 5.75. The van der Waals surface area contributed by atoms with E-state index in [0.717, 1.165) is 18.8 Å². The lowest BCUT2D eigenvalue weighted by atomic mass is 10.2. The van der Waals surface area contributed by atoms with Crippen LogP contribution in [0, 0.1) is 0 Å². The van der Waals surface area contributed by atoms with Gasteiger partial charge in [0.05, 0.1) is 12.6 Å². The molecular formula is C10H19NO. The van der Waals surface area contributed by atoms with Crippen molar-refractivity contribution < 1.29 is 4.74 Å². The van der Waals surface area contributed by atoms with Gasteiger partial charge in [-0.15, -0.1) is 0 Å². The molecule has 0 aromatic heterocycles. The van der Waals surface area contributed by atoms with Gasteiger partial charge in [-0.05, 0) is 31.8 Å². The molecule has 0 aromatic carbocycles. The second kappa shape index (κ2) is 4.51. The summed E-state index contributed by atoms with van der Waals surface area (Å²) in [5.74, 6) is 1.06. The lowest BCUT2D eigenvalue weighted by Crippen LogP contribution is -2.20. The fourth-order valence-corrected chi connectivity index (χ4v) is 1.19. The Balaban J connectivity index is 2.31. The average Bonchev–Trinajstić information content (AvgIpc) is 2.80. The highest BCUT2D eigenvalue weighted by Gasteiger charge is 2.21. The standard InChI is InChI=1S/C10H19NO/c1-3-4-7-12-10(8(2)11)9-5-6-9/h8H,3-7,11H2,1-2H3. The molecule has 1 fully saturated rings. The molecule has 0 bridgehead atoms. The van der Waals surface area contributed by atoms with Crippen molar-refractivity contribution in [1.82, 2.24) is 0 Å². The summed E-state index contributed by atoms with van der Waals surface area (Å²) >= 11 is 0. The average molecular weight is 169 g/mol. The van der Waals surface area contributed by atoms with Gasteiger partial charge in [-0.25, -0.2) is 0 Å². The van der Waals surface area contributed by atoms with Crippen molar-refractivity contribution in [3.8, 4) is 0 Å². The summed E-state index contributed by atoms with van der Waals surface area (Å²) in [5.41, 5.74) is 7.21. The maximum absolute atomic E-state index is 5.78. The van der Waals surface area contributed by atoms with E-state index in [1.54, 1.807) is 0 Å². The second-order valence-corrected chi connectivity index (χ2v) is 3.46. The van der Waals surface area contributed by atoms with E-state index >= 15 is 0 Å². The van der Waals surface area contributed by atoms with E-state index < -0.39 is 0 Å². The van der Waals surface area contributed by atoms with Crippen molar-refractivity contribution >= 4 is 0 Å². The van der Waals surface area contributed by atoms with Gasteiger partial charge in [-0.1, -0.05) is 13.3 Å². The van der Waals surface area contributed by atoms with Gasteiger partial charge in [0.25, 0.3) is 0 Å². The minimum atomic E-state index is 0.0827. The third kappa shape index (κ3) is 2.86. The molecule has 12 heavy (non-hydrogen) atoms. The van der Waals surface area contributed by atoms with Crippen molar-refractivity contribution in [1.29, 1.82) is 0 Å². The van der Waals surface area contributed by atoms with Gasteiger partial charge in [-0.3, -0.25) is 0 Å². The predicted molar refractivity (Wildman–Crippen MR) is 50.8 cm³/mol. The van der Waals surface area contributed by atoms with Crippen LogP contribution in [0.2, 0.25) is 0 Å².